The minimum absolute atomic E-state index is 0.00188. The lowest BCUT2D eigenvalue weighted by Gasteiger charge is -2.15. The van der Waals surface area contributed by atoms with Gasteiger partial charge in [-0.1, -0.05) is 6.92 Å². The molecule has 9 heteroatoms. The molecule has 0 aliphatic rings. The number of carbonyl (C=O) groups is 1. The highest BCUT2D eigenvalue weighted by molar-refractivity contribution is 14.1. The minimum Gasteiger partial charge on any atom is -0.491 e. The van der Waals surface area contributed by atoms with Crippen LogP contribution in [0.25, 0.3) is 0 Å². The number of nitrogens with one attached hydrogen (secondary N) is 1. The Hall–Kier alpha value is 0.390. The van der Waals surface area contributed by atoms with Gasteiger partial charge in [0, 0.05) is 0 Å². The van der Waals surface area contributed by atoms with E-state index in [0.29, 0.717) is 6.61 Å². The third-order valence-electron chi connectivity index (χ3n) is 3.60. The van der Waals surface area contributed by atoms with Crippen molar-refractivity contribution in [2.24, 2.45) is 0 Å². The van der Waals surface area contributed by atoms with E-state index in [1.54, 1.807) is 0 Å². The summed E-state index contributed by atoms with van der Waals surface area (Å²) in [6, 6.07) is 7.62. The number of ether oxygens (including phenoxy) is 2. The highest BCUT2D eigenvalue weighted by atomic mass is 127. The van der Waals surface area contributed by atoms with Gasteiger partial charge in [-0.15, -0.1) is 0 Å². The SMILES string of the molecule is CCNCCCOc1c(I)cc(Oc2c(I)cc(CC(=O)O)cc2I)cc1I. The van der Waals surface area contributed by atoms with E-state index in [1.165, 1.54) is 0 Å². The molecule has 0 atom stereocenters. The van der Waals surface area contributed by atoms with Crippen LogP contribution in [0.5, 0.6) is 17.2 Å². The Labute approximate surface area is 219 Å². The molecule has 0 bridgehead atoms. The molecular formula is C19H19I4NO4. The molecule has 0 aromatic heterocycles. The number of rotatable bonds is 10. The van der Waals surface area contributed by atoms with Crippen molar-refractivity contribution in [3.05, 3.63) is 44.1 Å². The molecule has 28 heavy (non-hydrogen) atoms. The molecule has 152 valence electrons. The van der Waals surface area contributed by atoms with Crippen LogP contribution >= 0.6 is 90.4 Å². The second-order valence-corrected chi connectivity index (χ2v) is 10.5. The van der Waals surface area contributed by atoms with Gasteiger partial charge < -0.3 is 19.9 Å². The van der Waals surface area contributed by atoms with E-state index in [2.05, 4.69) is 103 Å². The standard InChI is InChI=1S/C19H19I4NO4/c1-2-24-4-3-5-27-18-15(22)9-12(10-16(18)23)28-19-13(20)6-11(7-14(19)21)8-17(25)26/h6-7,9-10,24H,2-5,8H2,1H3,(H,25,26). The van der Waals surface area contributed by atoms with Gasteiger partial charge in [-0.2, -0.15) is 0 Å². The van der Waals surface area contributed by atoms with E-state index in [1.807, 2.05) is 24.3 Å². The maximum absolute atomic E-state index is 10.9. The van der Waals surface area contributed by atoms with Crippen molar-refractivity contribution >= 4 is 96.3 Å². The van der Waals surface area contributed by atoms with Gasteiger partial charge in [-0.3, -0.25) is 4.79 Å². The number of aliphatic carboxylic acids is 1. The molecule has 2 aromatic carbocycles. The summed E-state index contributed by atoms with van der Waals surface area (Å²) >= 11 is 8.89. The van der Waals surface area contributed by atoms with Crippen LogP contribution in [0.3, 0.4) is 0 Å². The van der Waals surface area contributed by atoms with Gasteiger partial charge in [-0.05, 0) is 140 Å². The fourth-order valence-electron chi connectivity index (χ4n) is 2.39. The third kappa shape index (κ3) is 7.58. The van der Waals surface area contributed by atoms with Crippen LogP contribution in [0.15, 0.2) is 24.3 Å². The van der Waals surface area contributed by atoms with E-state index < -0.39 is 5.97 Å². The van der Waals surface area contributed by atoms with Crippen LogP contribution in [0.1, 0.15) is 18.9 Å². The smallest absolute Gasteiger partial charge is 0.307 e. The lowest BCUT2D eigenvalue weighted by atomic mass is 10.1. The lowest BCUT2D eigenvalue weighted by molar-refractivity contribution is -0.136. The Kier molecular flexibility index (Phi) is 10.8. The summed E-state index contributed by atoms with van der Waals surface area (Å²) in [6.45, 7) is 4.67. The zero-order chi connectivity index (χ0) is 20.7. The number of carboxylic acid groups (broad SMARTS) is 1. The third-order valence-corrected chi connectivity index (χ3v) is 6.80. The van der Waals surface area contributed by atoms with Crippen LogP contribution in [-0.2, 0) is 11.2 Å². The van der Waals surface area contributed by atoms with Crippen molar-refractivity contribution in [2.45, 2.75) is 19.8 Å². The summed E-state index contributed by atoms with van der Waals surface area (Å²) in [5.41, 5.74) is 0.763. The number of hydrogen-bond donors (Lipinski definition) is 2. The average molecular weight is 833 g/mol. The van der Waals surface area contributed by atoms with Gasteiger partial charge in [0.25, 0.3) is 0 Å². The zero-order valence-electron chi connectivity index (χ0n) is 15.0. The first-order valence-electron chi connectivity index (χ1n) is 8.52. The van der Waals surface area contributed by atoms with Crippen molar-refractivity contribution in [1.29, 1.82) is 0 Å². The largest absolute Gasteiger partial charge is 0.491 e. The second-order valence-electron chi connectivity index (χ2n) is 5.83. The monoisotopic (exact) mass is 833 g/mol. The predicted octanol–water partition coefficient (Wildman–Crippen LogP) is 5.90. The molecule has 0 radical (unpaired) electrons. The summed E-state index contributed by atoms with van der Waals surface area (Å²) in [7, 11) is 0. The summed E-state index contributed by atoms with van der Waals surface area (Å²) in [5, 5.41) is 12.3. The first-order valence-corrected chi connectivity index (χ1v) is 12.8. The van der Waals surface area contributed by atoms with Crippen molar-refractivity contribution < 1.29 is 19.4 Å². The van der Waals surface area contributed by atoms with Crippen LogP contribution in [0.4, 0.5) is 0 Å². The highest BCUT2D eigenvalue weighted by Crippen LogP contribution is 2.37. The fourth-order valence-corrected chi connectivity index (χ4v) is 6.53. The van der Waals surface area contributed by atoms with Gasteiger partial charge in [0.2, 0.25) is 0 Å². The van der Waals surface area contributed by atoms with Gasteiger partial charge >= 0.3 is 5.97 Å². The summed E-state index contributed by atoms with van der Waals surface area (Å²) in [6.07, 6.45) is 0.958. The number of hydrogen-bond acceptors (Lipinski definition) is 4. The molecular weight excluding hydrogens is 814 g/mol. The summed E-state index contributed by atoms with van der Waals surface area (Å²) in [5.74, 6) is 1.51. The lowest BCUT2D eigenvalue weighted by Crippen LogP contribution is -2.16. The average Bonchev–Trinajstić information content (AvgIpc) is 2.59. The second kappa shape index (κ2) is 12.3. The van der Waals surface area contributed by atoms with Crippen molar-refractivity contribution in [3.63, 3.8) is 0 Å². The van der Waals surface area contributed by atoms with Gasteiger partial charge in [0.15, 0.2) is 5.75 Å². The molecule has 0 saturated heterocycles. The van der Waals surface area contributed by atoms with Crippen molar-refractivity contribution in [3.8, 4) is 17.2 Å². The Morgan fingerprint density at radius 3 is 2.11 bits per heavy atom. The Morgan fingerprint density at radius 2 is 1.57 bits per heavy atom. The normalized spacial score (nSPS) is 10.8. The Bertz CT molecular complexity index is 799. The number of benzene rings is 2. The van der Waals surface area contributed by atoms with E-state index in [4.69, 9.17) is 14.6 Å². The maximum atomic E-state index is 10.9. The van der Waals surface area contributed by atoms with Crippen molar-refractivity contribution in [1.82, 2.24) is 5.32 Å². The van der Waals surface area contributed by atoms with E-state index in [0.717, 1.165) is 56.6 Å². The molecule has 0 spiro atoms. The highest BCUT2D eigenvalue weighted by Gasteiger charge is 2.15. The molecule has 0 unspecified atom stereocenters. The summed E-state index contributed by atoms with van der Waals surface area (Å²) in [4.78, 5) is 10.9. The van der Waals surface area contributed by atoms with E-state index >= 15 is 0 Å². The Morgan fingerprint density at radius 1 is 1.00 bits per heavy atom. The fraction of sp³-hybridized carbons (Fsp3) is 0.316. The van der Waals surface area contributed by atoms with Crippen LogP contribution in [0, 0.1) is 14.3 Å². The van der Waals surface area contributed by atoms with Crippen LogP contribution in [-0.4, -0.2) is 30.8 Å². The molecule has 2 N–H and O–H groups in total. The maximum Gasteiger partial charge on any atom is 0.307 e. The predicted molar refractivity (Wildman–Crippen MR) is 144 cm³/mol. The van der Waals surface area contributed by atoms with Crippen molar-refractivity contribution in [2.75, 3.05) is 19.7 Å². The topological polar surface area (TPSA) is 67.8 Å². The number of halogens is 4. The van der Waals surface area contributed by atoms with Gasteiger partial charge in [-0.25, -0.2) is 0 Å². The quantitative estimate of drug-likeness (QED) is 0.231. The minimum atomic E-state index is -0.842. The van der Waals surface area contributed by atoms with Crippen LogP contribution in [0.2, 0.25) is 0 Å². The molecule has 2 aromatic rings. The molecule has 0 amide bonds. The molecule has 0 aliphatic carbocycles. The Balaban J connectivity index is 2.13. The molecule has 0 saturated carbocycles. The molecule has 0 heterocycles. The molecule has 2 rings (SSSR count). The zero-order valence-corrected chi connectivity index (χ0v) is 23.7. The first-order chi connectivity index (χ1) is 13.3. The number of carboxylic acids is 1. The van der Waals surface area contributed by atoms with Crippen LogP contribution < -0.4 is 14.8 Å². The summed E-state index contributed by atoms with van der Waals surface area (Å²) < 4.78 is 15.8. The van der Waals surface area contributed by atoms with E-state index in [-0.39, 0.29) is 6.42 Å². The first kappa shape index (κ1) is 24.7. The van der Waals surface area contributed by atoms with E-state index in [9.17, 15) is 4.79 Å². The molecule has 0 aliphatic heterocycles. The molecule has 0 fully saturated rings. The van der Waals surface area contributed by atoms with Gasteiger partial charge in [0.05, 0.1) is 27.3 Å². The molecule has 5 nitrogen and oxygen atoms in total. The van der Waals surface area contributed by atoms with Gasteiger partial charge in [0.1, 0.15) is 11.5 Å².